The van der Waals surface area contributed by atoms with Crippen molar-refractivity contribution in [3.05, 3.63) is 34.9 Å². The van der Waals surface area contributed by atoms with E-state index in [1.54, 1.807) is 0 Å². The van der Waals surface area contributed by atoms with E-state index in [1.807, 2.05) is 37.3 Å². The molecule has 0 aliphatic heterocycles. The summed E-state index contributed by atoms with van der Waals surface area (Å²) in [6, 6.07) is 4.20. The Balaban J connectivity index is 2.06. The molecule has 20 heavy (non-hydrogen) atoms. The maximum Gasteiger partial charge on any atom is 0.122 e. The van der Waals surface area contributed by atoms with Crippen LogP contribution in [0.3, 0.4) is 0 Å². The van der Waals surface area contributed by atoms with Crippen molar-refractivity contribution in [1.29, 1.82) is 0 Å². The highest BCUT2D eigenvalue weighted by molar-refractivity contribution is 5.08. The van der Waals surface area contributed by atoms with E-state index in [1.165, 1.54) is 4.90 Å². The molecule has 0 aromatic carbocycles. The molecule has 2 rings (SSSR count). The Bertz CT molecular complexity index is 485. The van der Waals surface area contributed by atoms with Gasteiger partial charge in [0.2, 0.25) is 0 Å². The predicted octanol–water partition coefficient (Wildman–Crippen LogP) is -0.652. The number of aliphatic hydroxyl groups excluding tert-OH is 1. The van der Waals surface area contributed by atoms with Gasteiger partial charge in [0.05, 0.1) is 6.61 Å². The van der Waals surface area contributed by atoms with Crippen LogP contribution in [0, 0.1) is 13.8 Å². The average molecular weight is 278 g/mol. The average Bonchev–Trinajstić information content (AvgIpc) is 2.83. The lowest BCUT2D eigenvalue weighted by Crippen LogP contribution is -3.10. The highest BCUT2D eigenvalue weighted by Crippen LogP contribution is 2.01. The lowest BCUT2D eigenvalue weighted by molar-refractivity contribution is -0.928. The van der Waals surface area contributed by atoms with Gasteiger partial charge in [-0.1, -0.05) is 0 Å². The van der Waals surface area contributed by atoms with Crippen LogP contribution in [0.25, 0.3) is 0 Å². The van der Waals surface area contributed by atoms with Crippen molar-refractivity contribution >= 4 is 0 Å². The van der Waals surface area contributed by atoms with Gasteiger partial charge in [-0.05, 0) is 26.0 Å². The number of rotatable bonds is 6. The highest BCUT2D eigenvalue weighted by atomic mass is 16.3. The first kappa shape index (κ1) is 14.7. The number of nitrogens with one attached hydrogen (secondary N) is 1. The van der Waals surface area contributed by atoms with Gasteiger partial charge in [0.15, 0.2) is 0 Å². The quantitative estimate of drug-likeness (QED) is 0.738. The molecule has 0 amide bonds. The van der Waals surface area contributed by atoms with Gasteiger partial charge in [0.25, 0.3) is 0 Å². The highest BCUT2D eigenvalue weighted by Gasteiger charge is 2.15. The fourth-order valence-corrected chi connectivity index (χ4v) is 2.35. The Morgan fingerprint density at radius 3 is 1.75 bits per heavy atom. The van der Waals surface area contributed by atoms with Crippen molar-refractivity contribution in [1.82, 2.24) is 19.6 Å². The molecule has 2 heterocycles. The smallest absolute Gasteiger partial charge is 0.122 e. The van der Waals surface area contributed by atoms with Crippen LogP contribution in [0.1, 0.15) is 22.8 Å². The van der Waals surface area contributed by atoms with Crippen molar-refractivity contribution in [3.63, 3.8) is 0 Å². The van der Waals surface area contributed by atoms with E-state index >= 15 is 0 Å². The fraction of sp³-hybridized carbons (Fsp3) is 0.571. The van der Waals surface area contributed by atoms with E-state index in [0.29, 0.717) is 6.54 Å². The van der Waals surface area contributed by atoms with Crippen LogP contribution in [0.15, 0.2) is 12.1 Å². The van der Waals surface area contributed by atoms with Crippen LogP contribution in [-0.4, -0.2) is 37.8 Å². The van der Waals surface area contributed by atoms with Crippen LogP contribution in [0.5, 0.6) is 0 Å². The minimum absolute atomic E-state index is 0.174. The maximum absolute atomic E-state index is 9.24. The third kappa shape index (κ3) is 3.46. The number of hydrogen-bond donors (Lipinski definition) is 2. The molecule has 2 N–H and O–H groups in total. The SMILES string of the molecule is Cc1cc(C[NH+](CCO)Cc2cc(C)n(C)n2)nn1C. The van der Waals surface area contributed by atoms with Crippen LogP contribution < -0.4 is 4.90 Å². The first-order valence-electron chi connectivity index (χ1n) is 6.93. The van der Waals surface area contributed by atoms with Crippen LogP contribution in [0.2, 0.25) is 0 Å². The Morgan fingerprint density at radius 2 is 1.45 bits per heavy atom. The molecule has 2 aromatic rings. The summed E-state index contributed by atoms with van der Waals surface area (Å²) in [5.41, 5.74) is 4.41. The minimum Gasteiger partial charge on any atom is -0.391 e. The molecule has 0 atom stereocenters. The molecule has 6 nitrogen and oxygen atoms in total. The lowest BCUT2D eigenvalue weighted by Gasteiger charge is -2.16. The molecule has 0 aliphatic rings. The summed E-state index contributed by atoms with van der Waals surface area (Å²) in [6.07, 6.45) is 0. The number of aryl methyl sites for hydroxylation is 4. The van der Waals surface area contributed by atoms with Gasteiger partial charge in [-0.2, -0.15) is 10.2 Å². The number of quaternary nitrogens is 1. The number of aliphatic hydroxyl groups is 1. The Kier molecular flexibility index (Phi) is 4.57. The van der Waals surface area contributed by atoms with Gasteiger partial charge in [-0.3, -0.25) is 9.36 Å². The van der Waals surface area contributed by atoms with Crippen molar-refractivity contribution < 1.29 is 10.0 Å². The molecule has 0 aliphatic carbocycles. The zero-order chi connectivity index (χ0) is 14.7. The maximum atomic E-state index is 9.24. The third-order valence-electron chi connectivity index (χ3n) is 3.66. The first-order chi connectivity index (χ1) is 9.49. The van der Waals surface area contributed by atoms with E-state index < -0.39 is 0 Å². The van der Waals surface area contributed by atoms with E-state index in [0.717, 1.165) is 35.9 Å². The van der Waals surface area contributed by atoms with Gasteiger partial charge in [-0.15, -0.1) is 0 Å². The van der Waals surface area contributed by atoms with Crippen molar-refractivity contribution in [3.8, 4) is 0 Å². The molecule has 6 heteroatoms. The summed E-state index contributed by atoms with van der Waals surface area (Å²) < 4.78 is 3.77. The normalized spacial score (nSPS) is 11.5. The standard InChI is InChI=1S/C14H23N5O/c1-11-7-13(15-17(11)3)9-19(5-6-20)10-14-8-12(2)18(4)16-14/h7-8,20H,5-6,9-10H2,1-4H3/p+1. The summed E-state index contributed by atoms with van der Waals surface area (Å²) in [6.45, 7) is 6.57. The number of aromatic nitrogens is 4. The molecular formula is C14H24N5O+. The van der Waals surface area contributed by atoms with Crippen LogP contribution in [-0.2, 0) is 27.2 Å². The van der Waals surface area contributed by atoms with E-state index in [4.69, 9.17) is 0 Å². The Morgan fingerprint density at radius 1 is 1.00 bits per heavy atom. The Hall–Kier alpha value is -1.66. The van der Waals surface area contributed by atoms with E-state index in [-0.39, 0.29) is 6.61 Å². The number of hydrogen-bond acceptors (Lipinski definition) is 3. The second kappa shape index (κ2) is 6.19. The summed E-state index contributed by atoms with van der Waals surface area (Å²) in [7, 11) is 3.90. The summed E-state index contributed by atoms with van der Waals surface area (Å²) in [5.74, 6) is 0. The lowest BCUT2D eigenvalue weighted by atomic mass is 10.3. The van der Waals surface area contributed by atoms with Crippen LogP contribution >= 0.6 is 0 Å². The summed E-state index contributed by atoms with van der Waals surface area (Å²) in [5, 5.41) is 18.2. The first-order valence-corrected chi connectivity index (χ1v) is 6.93. The van der Waals surface area contributed by atoms with Gasteiger partial charge >= 0.3 is 0 Å². The van der Waals surface area contributed by atoms with Gasteiger partial charge < -0.3 is 10.0 Å². The van der Waals surface area contributed by atoms with Gasteiger partial charge in [0.1, 0.15) is 31.0 Å². The Labute approximate surface area is 119 Å². The molecule has 0 unspecified atom stereocenters. The largest absolute Gasteiger partial charge is 0.391 e. The van der Waals surface area contributed by atoms with Crippen molar-refractivity contribution in [2.45, 2.75) is 26.9 Å². The molecule has 0 saturated heterocycles. The summed E-state index contributed by atoms with van der Waals surface area (Å²) in [4.78, 5) is 1.27. The van der Waals surface area contributed by atoms with Crippen LogP contribution in [0.4, 0.5) is 0 Å². The van der Waals surface area contributed by atoms with Gasteiger partial charge in [-0.25, -0.2) is 0 Å². The van der Waals surface area contributed by atoms with E-state index in [9.17, 15) is 5.11 Å². The zero-order valence-electron chi connectivity index (χ0n) is 12.7. The molecule has 2 aromatic heterocycles. The minimum atomic E-state index is 0.174. The predicted molar refractivity (Wildman–Crippen MR) is 76.2 cm³/mol. The topological polar surface area (TPSA) is 60.3 Å². The molecule has 0 spiro atoms. The molecule has 110 valence electrons. The molecule has 0 saturated carbocycles. The molecule has 0 bridgehead atoms. The van der Waals surface area contributed by atoms with Crippen molar-refractivity contribution in [2.75, 3.05) is 13.2 Å². The number of nitrogens with zero attached hydrogens (tertiary/aromatic N) is 4. The molecular weight excluding hydrogens is 254 g/mol. The van der Waals surface area contributed by atoms with Crippen molar-refractivity contribution in [2.24, 2.45) is 14.1 Å². The second-order valence-electron chi connectivity index (χ2n) is 5.38. The third-order valence-corrected chi connectivity index (χ3v) is 3.66. The zero-order valence-corrected chi connectivity index (χ0v) is 12.7. The van der Waals surface area contributed by atoms with Gasteiger partial charge in [0, 0.05) is 25.5 Å². The molecule has 0 radical (unpaired) electrons. The monoisotopic (exact) mass is 278 g/mol. The molecule has 0 fully saturated rings. The summed E-state index contributed by atoms with van der Waals surface area (Å²) >= 11 is 0. The second-order valence-corrected chi connectivity index (χ2v) is 5.38. The fourth-order valence-electron chi connectivity index (χ4n) is 2.35. The van der Waals surface area contributed by atoms with E-state index in [2.05, 4.69) is 22.3 Å².